The highest BCUT2D eigenvalue weighted by molar-refractivity contribution is 9.10. The molecule has 0 atom stereocenters. The smallest absolute Gasteiger partial charge is 0.335 e. The Hall–Kier alpha value is -2.80. The van der Waals surface area contributed by atoms with Crippen LogP contribution in [-0.2, 0) is 11.3 Å². The number of aromatic carboxylic acids is 1. The molecule has 0 saturated heterocycles. The number of carbonyl (C=O) groups excluding carboxylic acids is 1. The van der Waals surface area contributed by atoms with Gasteiger partial charge >= 0.3 is 5.97 Å². The molecular weight excluding hydrogens is 390 g/mol. The van der Waals surface area contributed by atoms with Crippen molar-refractivity contribution in [3.8, 4) is 11.5 Å². The number of ether oxygens (including phenoxy) is 2. The lowest BCUT2D eigenvalue weighted by molar-refractivity contribution is -0.116. The van der Waals surface area contributed by atoms with E-state index in [9.17, 15) is 9.59 Å². The molecule has 3 rings (SSSR count). The molecule has 0 bridgehead atoms. The molecule has 2 aromatic rings. The minimum absolute atomic E-state index is 0.191. The summed E-state index contributed by atoms with van der Waals surface area (Å²) in [5, 5.41) is 11.6. The highest BCUT2D eigenvalue weighted by Gasteiger charge is 2.15. The average Bonchev–Trinajstić information content (AvgIpc) is 3.05. The standard InChI is InChI=1S/C18H14BrNO5/c19-14-8-16-15(24-10-25-16)7-13(14)5-6-17(21)20-9-11-1-3-12(4-2-11)18(22)23/h1-8H,9-10H2,(H,20,21)(H,22,23)/b6-5+. The van der Waals surface area contributed by atoms with Gasteiger partial charge in [-0.15, -0.1) is 0 Å². The van der Waals surface area contributed by atoms with Gasteiger partial charge in [-0.1, -0.05) is 28.1 Å². The number of hydrogen-bond donors (Lipinski definition) is 2. The summed E-state index contributed by atoms with van der Waals surface area (Å²) in [6.07, 6.45) is 3.10. The van der Waals surface area contributed by atoms with Crippen LogP contribution >= 0.6 is 15.9 Å². The third-order valence-electron chi connectivity index (χ3n) is 3.57. The molecule has 7 heteroatoms. The summed E-state index contributed by atoms with van der Waals surface area (Å²) in [5.41, 5.74) is 1.82. The van der Waals surface area contributed by atoms with Crippen molar-refractivity contribution in [1.29, 1.82) is 0 Å². The van der Waals surface area contributed by atoms with E-state index in [-0.39, 0.29) is 18.3 Å². The van der Waals surface area contributed by atoms with Gasteiger partial charge in [0.1, 0.15) is 0 Å². The molecule has 2 N–H and O–H groups in total. The summed E-state index contributed by atoms with van der Waals surface area (Å²) in [5.74, 6) is 0.0692. The summed E-state index contributed by atoms with van der Waals surface area (Å²) in [6, 6.07) is 9.93. The Morgan fingerprint density at radius 3 is 2.52 bits per heavy atom. The molecule has 1 amide bonds. The van der Waals surface area contributed by atoms with E-state index in [0.717, 1.165) is 15.6 Å². The maximum Gasteiger partial charge on any atom is 0.335 e. The summed E-state index contributed by atoms with van der Waals surface area (Å²) in [6.45, 7) is 0.501. The number of carbonyl (C=O) groups is 2. The summed E-state index contributed by atoms with van der Waals surface area (Å²) in [4.78, 5) is 22.7. The second-order valence-electron chi connectivity index (χ2n) is 5.28. The first-order chi connectivity index (χ1) is 12.0. The number of benzene rings is 2. The fourth-order valence-corrected chi connectivity index (χ4v) is 2.69. The first-order valence-electron chi connectivity index (χ1n) is 7.40. The summed E-state index contributed by atoms with van der Waals surface area (Å²) in [7, 11) is 0. The van der Waals surface area contributed by atoms with Crippen molar-refractivity contribution >= 4 is 33.9 Å². The predicted octanol–water partition coefficient (Wildman–Crippen LogP) is 3.21. The van der Waals surface area contributed by atoms with Crippen molar-refractivity contribution in [3.05, 3.63) is 63.6 Å². The van der Waals surface area contributed by atoms with E-state index in [1.807, 2.05) is 0 Å². The Morgan fingerprint density at radius 2 is 1.84 bits per heavy atom. The molecule has 0 aromatic heterocycles. The Morgan fingerprint density at radius 1 is 1.16 bits per heavy atom. The fourth-order valence-electron chi connectivity index (χ4n) is 2.24. The largest absolute Gasteiger partial charge is 0.478 e. The van der Waals surface area contributed by atoms with Crippen LogP contribution in [0.3, 0.4) is 0 Å². The van der Waals surface area contributed by atoms with Gasteiger partial charge in [0.2, 0.25) is 12.7 Å². The number of rotatable bonds is 5. The second kappa shape index (κ2) is 7.40. The number of carboxylic acids is 1. The summed E-state index contributed by atoms with van der Waals surface area (Å²) >= 11 is 3.43. The van der Waals surface area contributed by atoms with E-state index in [4.69, 9.17) is 14.6 Å². The minimum Gasteiger partial charge on any atom is -0.478 e. The molecule has 1 aliphatic heterocycles. The molecule has 0 saturated carbocycles. The lowest BCUT2D eigenvalue weighted by atomic mass is 10.1. The molecule has 1 aliphatic rings. The van der Waals surface area contributed by atoms with Crippen LogP contribution in [0.5, 0.6) is 11.5 Å². The van der Waals surface area contributed by atoms with Crippen LogP contribution in [0.15, 0.2) is 46.9 Å². The molecule has 0 spiro atoms. The number of nitrogens with one attached hydrogen (secondary N) is 1. The van der Waals surface area contributed by atoms with E-state index >= 15 is 0 Å². The topological polar surface area (TPSA) is 84.9 Å². The van der Waals surface area contributed by atoms with Crippen LogP contribution in [0.2, 0.25) is 0 Å². The van der Waals surface area contributed by atoms with E-state index in [1.165, 1.54) is 18.2 Å². The molecule has 1 heterocycles. The van der Waals surface area contributed by atoms with Crippen molar-refractivity contribution in [2.45, 2.75) is 6.54 Å². The number of hydrogen-bond acceptors (Lipinski definition) is 4. The quantitative estimate of drug-likeness (QED) is 0.748. The highest BCUT2D eigenvalue weighted by Crippen LogP contribution is 2.37. The van der Waals surface area contributed by atoms with E-state index < -0.39 is 5.97 Å². The van der Waals surface area contributed by atoms with E-state index in [2.05, 4.69) is 21.2 Å². The lowest BCUT2D eigenvalue weighted by Gasteiger charge is -2.04. The highest BCUT2D eigenvalue weighted by atomic mass is 79.9. The van der Waals surface area contributed by atoms with Crippen molar-refractivity contribution in [3.63, 3.8) is 0 Å². The fraction of sp³-hybridized carbons (Fsp3) is 0.111. The van der Waals surface area contributed by atoms with Crippen molar-refractivity contribution in [2.75, 3.05) is 6.79 Å². The number of carboxylic acid groups (broad SMARTS) is 1. The monoisotopic (exact) mass is 403 g/mol. The van der Waals surface area contributed by atoms with Gasteiger partial charge in [-0.05, 0) is 41.5 Å². The molecule has 0 unspecified atom stereocenters. The normalized spacial score (nSPS) is 12.4. The van der Waals surface area contributed by atoms with Crippen LogP contribution < -0.4 is 14.8 Å². The van der Waals surface area contributed by atoms with E-state index in [1.54, 1.807) is 30.3 Å². The zero-order valence-electron chi connectivity index (χ0n) is 13.0. The summed E-state index contributed by atoms with van der Waals surface area (Å²) < 4.78 is 11.4. The van der Waals surface area contributed by atoms with Gasteiger partial charge in [0, 0.05) is 17.1 Å². The zero-order chi connectivity index (χ0) is 17.8. The van der Waals surface area contributed by atoms with Crippen LogP contribution in [0, 0.1) is 0 Å². The molecule has 0 radical (unpaired) electrons. The molecule has 6 nitrogen and oxygen atoms in total. The third-order valence-corrected chi connectivity index (χ3v) is 4.26. The van der Waals surface area contributed by atoms with Crippen molar-refractivity contribution < 1.29 is 24.2 Å². The van der Waals surface area contributed by atoms with Gasteiger partial charge in [-0.2, -0.15) is 0 Å². The Bertz CT molecular complexity index is 845. The lowest BCUT2D eigenvalue weighted by Crippen LogP contribution is -2.20. The molecule has 2 aromatic carbocycles. The number of halogens is 1. The number of fused-ring (bicyclic) bond motifs is 1. The van der Waals surface area contributed by atoms with Crippen molar-refractivity contribution in [2.24, 2.45) is 0 Å². The maximum atomic E-state index is 11.9. The molecule has 25 heavy (non-hydrogen) atoms. The van der Waals surface area contributed by atoms with Crippen LogP contribution in [-0.4, -0.2) is 23.8 Å². The Labute approximate surface area is 152 Å². The Kier molecular flexibility index (Phi) is 5.04. The van der Waals surface area contributed by atoms with Crippen LogP contribution in [0.1, 0.15) is 21.5 Å². The van der Waals surface area contributed by atoms with Crippen LogP contribution in [0.25, 0.3) is 6.08 Å². The van der Waals surface area contributed by atoms with Gasteiger partial charge < -0.3 is 19.9 Å². The van der Waals surface area contributed by atoms with Gasteiger partial charge in [-0.25, -0.2) is 4.79 Å². The van der Waals surface area contributed by atoms with Gasteiger partial charge in [-0.3, -0.25) is 4.79 Å². The molecule has 0 aliphatic carbocycles. The van der Waals surface area contributed by atoms with Gasteiger partial charge in [0.25, 0.3) is 0 Å². The predicted molar refractivity (Wildman–Crippen MR) is 94.5 cm³/mol. The number of amides is 1. The van der Waals surface area contributed by atoms with Gasteiger partial charge in [0.05, 0.1) is 5.56 Å². The first kappa shape index (κ1) is 17.0. The van der Waals surface area contributed by atoms with Gasteiger partial charge in [0.15, 0.2) is 11.5 Å². The third kappa shape index (κ3) is 4.19. The maximum absolute atomic E-state index is 11.9. The first-order valence-corrected chi connectivity index (χ1v) is 8.19. The molecule has 128 valence electrons. The minimum atomic E-state index is -0.979. The van der Waals surface area contributed by atoms with E-state index in [0.29, 0.717) is 18.0 Å². The Balaban J connectivity index is 1.59. The molecule has 0 fully saturated rings. The van der Waals surface area contributed by atoms with Crippen molar-refractivity contribution in [1.82, 2.24) is 5.32 Å². The SMILES string of the molecule is O=C(/C=C/c1cc2c(cc1Br)OCO2)NCc1ccc(C(=O)O)cc1. The van der Waals surface area contributed by atoms with Crippen LogP contribution in [0.4, 0.5) is 0 Å². The average molecular weight is 404 g/mol. The zero-order valence-corrected chi connectivity index (χ0v) is 14.6. The second-order valence-corrected chi connectivity index (χ2v) is 6.13. The molecular formula is C18H14BrNO5.